The van der Waals surface area contributed by atoms with Gasteiger partial charge in [0.15, 0.2) is 0 Å². The van der Waals surface area contributed by atoms with Crippen molar-refractivity contribution in [2.75, 3.05) is 7.05 Å². The Bertz CT molecular complexity index is 622. The fourth-order valence-electron chi connectivity index (χ4n) is 2.51. The predicted octanol–water partition coefficient (Wildman–Crippen LogP) is 2.75. The molecule has 1 unspecified atom stereocenters. The molecule has 0 aliphatic rings. The van der Waals surface area contributed by atoms with E-state index in [-0.39, 0.29) is 11.7 Å². The van der Waals surface area contributed by atoms with E-state index in [2.05, 4.69) is 43.4 Å². The largest absolute Gasteiger partial charge is 0.328 e. The van der Waals surface area contributed by atoms with Crippen LogP contribution >= 0.6 is 0 Å². The van der Waals surface area contributed by atoms with Crippen molar-refractivity contribution in [2.24, 2.45) is 0 Å². The summed E-state index contributed by atoms with van der Waals surface area (Å²) in [4.78, 5) is 12.1. The third-order valence-corrected chi connectivity index (χ3v) is 3.99. The Morgan fingerprint density at radius 1 is 1.05 bits per heavy atom. The molecule has 0 fully saturated rings. The summed E-state index contributed by atoms with van der Waals surface area (Å²) in [6.45, 7) is 7.71. The molecule has 1 N–H and O–H groups in total. The summed E-state index contributed by atoms with van der Waals surface area (Å²) in [7, 11) is 1.93. The number of nitrogens with one attached hydrogen (secondary N) is 1. The number of nitrogens with zero attached hydrogens (tertiary/aromatic N) is 2. The van der Waals surface area contributed by atoms with Gasteiger partial charge in [-0.15, -0.1) is 0 Å². The lowest BCUT2D eigenvalue weighted by Crippen LogP contribution is -2.29. The normalized spacial score (nSPS) is 12.8. The lowest BCUT2D eigenvalue weighted by atomic mass is 9.99. The molecule has 0 saturated carbocycles. The Balaban J connectivity index is 2.19. The molecule has 0 radical (unpaired) electrons. The molecule has 114 valence electrons. The number of likely N-dealkylation sites (N-methyl/N-ethyl adjacent to an activating group) is 1. The predicted molar refractivity (Wildman–Crippen MR) is 86.7 cm³/mol. The summed E-state index contributed by atoms with van der Waals surface area (Å²) >= 11 is 0. The molecule has 0 aliphatic carbocycles. The smallest absolute Gasteiger partial charge is 0.312 e. The van der Waals surface area contributed by atoms with Gasteiger partial charge in [-0.3, -0.25) is 9.13 Å². The highest BCUT2D eigenvalue weighted by molar-refractivity contribution is 5.26. The van der Waals surface area contributed by atoms with E-state index in [1.807, 2.05) is 26.4 Å². The van der Waals surface area contributed by atoms with E-state index in [0.29, 0.717) is 19.0 Å². The third-order valence-electron chi connectivity index (χ3n) is 3.99. The maximum absolute atomic E-state index is 12.1. The molecule has 0 saturated heterocycles. The van der Waals surface area contributed by atoms with E-state index in [9.17, 15) is 4.79 Å². The molecule has 1 aromatic carbocycles. The van der Waals surface area contributed by atoms with Gasteiger partial charge in [-0.25, -0.2) is 4.79 Å². The zero-order chi connectivity index (χ0) is 15.4. The number of hydrogen-bond donors (Lipinski definition) is 1. The molecule has 21 heavy (non-hydrogen) atoms. The summed E-state index contributed by atoms with van der Waals surface area (Å²) in [6, 6.07) is 8.78. The Hall–Kier alpha value is -1.81. The molecular weight excluding hydrogens is 262 g/mol. The molecular formula is C17H25N3O. The van der Waals surface area contributed by atoms with Crippen molar-refractivity contribution >= 4 is 0 Å². The van der Waals surface area contributed by atoms with Crippen LogP contribution in [0, 0.1) is 0 Å². The van der Waals surface area contributed by atoms with Crippen LogP contribution < -0.4 is 11.0 Å². The average Bonchev–Trinajstić information content (AvgIpc) is 2.85. The SMILES string of the molecule is CCn1ccn(CC(NC)c2ccc(C(C)C)cc2)c1=O. The second-order valence-corrected chi connectivity index (χ2v) is 5.68. The standard InChI is InChI=1S/C17H25N3O/c1-5-19-10-11-20(17(19)21)12-16(18-4)15-8-6-14(7-9-15)13(2)3/h6-11,13,16,18H,5,12H2,1-4H3. The summed E-state index contributed by atoms with van der Waals surface area (Å²) in [5.41, 5.74) is 2.59. The number of benzene rings is 1. The van der Waals surface area contributed by atoms with E-state index in [1.165, 1.54) is 11.1 Å². The molecule has 4 heteroatoms. The minimum Gasteiger partial charge on any atom is -0.312 e. The lowest BCUT2D eigenvalue weighted by Gasteiger charge is -2.18. The first-order valence-corrected chi connectivity index (χ1v) is 7.59. The molecule has 4 nitrogen and oxygen atoms in total. The highest BCUT2D eigenvalue weighted by atomic mass is 16.1. The monoisotopic (exact) mass is 287 g/mol. The first-order chi connectivity index (χ1) is 10.1. The highest BCUT2D eigenvalue weighted by Crippen LogP contribution is 2.19. The van der Waals surface area contributed by atoms with Gasteiger partial charge >= 0.3 is 5.69 Å². The van der Waals surface area contributed by atoms with Gasteiger partial charge in [0, 0.05) is 25.5 Å². The number of aryl methyl sites for hydroxylation is 1. The number of rotatable bonds is 6. The van der Waals surface area contributed by atoms with Crippen molar-refractivity contribution in [3.63, 3.8) is 0 Å². The van der Waals surface area contributed by atoms with Crippen LogP contribution in [0.5, 0.6) is 0 Å². The van der Waals surface area contributed by atoms with Crippen LogP contribution in [0.15, 0.2) is 41.5 Å². The maximum Gasteiger partial charge on any atom is 0.328 e. The summed E-state index contributed by atoms with van der Waals surface area (Å²) < 4.78 is 3.48. The second kappa shape index (κ2) is 6.76. The van der Waals surface area contributed by atoms with Crippen LogP contribution in [0.1, 0.15) is 43.9 Å². The van der Waals surface area contributed by atoms with Crippen molar-refractivity contribution in [2.45, 2.75) is 45.8 Å². The number of imidazole rings is 1. The van der Waals surface area contributed by atoms with E-state index in [4.69, 9.17) is 0 Å². The van der Waals surface area contributed by atoms with E-state index >= 15 is 0 Å². The van der Waals surface area contributed by atoms with Crippen molar-refractivity contribution < 1.29 is 0 Å². The molecule has 1 heterocycles. The van der Waals surface area contributed by atoms with Gasteiger partial charge in [0.2, 0.25) is 0 Å². The molecule has 0 aliphatic heterocycles. The van der Waals surface area contributed by atoms with Crippen LogP contribution in [0.2, 0.25) is 0 Å². The number of aromatic nitrogens is 2. The molecule has 0 amide bonds. The van der Waals surface area contributed by atoms with Crippen molar-refractivity contribution in [3.05, 3.63) is 58.3 Å². The van der Waals surface area contributed by atoms with Gasteiger partial charge < -0.3 is 5.32 Å². The Kier molecular flexibility index (Phi) is 5.02. The van der Waals surface area contributed by atoms with Gasteiger partial charge in [-0.05, 0) is 31.0 Å². The van der Waals surface area contributed by atoms with Gasteiger partial charge in [0.05, 0.1) is 6.04 Å². The van der Waals surface area contributed by atoms with Crippen molar-refractivity contribution in [1.82, 2.24) is 14.5 Å². The Morgan fingerprint density at radius 2 is 1.62 bits per heavy atom. The quantitative estimate of drug-likeness (QED) is 0.887. The Labute approximate surface area is 126 Å². The molecule has 1 atom stereocenters. The van der Waals surface area contributed by atoms with E-state index < -0.39 is 0 Å². The first kappa shape index (κ1) is 15.6. The van der Waals surface area contributed by atoms with Crippen LogP contribution in [0.4, 0.5) is 0 Å². The zero-order valence-corrected chi connectivity index (χ0v) is 13.3. The lowest BCUT2D eigenvalue weighted by molar-refractivity contribution is 0.484. The molecule has 0 bridgehead atoms. The maximum atomic E-state index is 12.1. The molecule has 2 aromatic rings. The zero-order valence-electron chi connectivity index (χ0n) is 13.3. The van der Waals surface area contributed by atoms with Crippen molar-refractivity contribution in [3.8, 4) is 0 Å². The van der Waals surface area contributed by atoms with Gasteiger partial charge in [-0.2, -0.15) is 0 Å². The van der Waals surface area contributed by atoms with Crippen LogP contribution in [0.3, 0.4) is 0 Å². The first-order valence-electron chi connectivity index (χ1n) is 7.59. The molecule has 1 aromatic heterocycles. The minimum atomic E-state index is 0.0524. The van der Waals surface area contributed by atoms with E-state index in [1.54, 1.807) is 9.13 Å². The summed E-state index contributed by atoms with van der Waals surface area (Å²) in [6.07, 6.45) is 3.70. The average molecular weight is 287 g/mol. The molecule has 2 rings (SSSR count). The third kappa shape index (κ3) is 3.45. The van der Waals surface area contributed by atoms with Gasteiger partial charge in [0.25, 0.3) is 0 Å². The van der Waals surface area contributed by atoms with Crippen LogP contribution in [-0.2, 0) is 13.1 Å². The fourth-order valence-corrected chi connectivity index (χ4v) is 2.51. The highest BCUT2D eigenvalue weighted by Gasteiger charge is 2.12. The molecule has 0 spiro atoms. The van der Waals surface area contributed by atoms with Crippen LogP contribution in [0.25, 0.3) is 0 Å². The fraction of sp³-hybridized carbons (Fsp3) is 0.471. The van der Waals surface area contributed by atoms with Crippen LogP contribution in [-0.4, -0.2) is 16.2 Å². The van der Waals surface area contributed by atoms with E-state index in [0.717, 1.165) is 0 Å². The van der Waals surface area contributed by atoms with Gasteiger partial charge in [-0.1, -0.05) is 38.1 Å². The second-order valence-electron chi connectivity index (χ2n) is 5.68. The summed E-state index contributed by atoms with van der Waals surface area (Å²) in [5.74, 6) is 0.535. The Morgan fingerprint density at radius 3 is 2.10 bits per heavy atom. The number of hydrogen-bond acceptors (Lipinski definition) is 2. The summed E-state index contributed by atoms with van der Waals surface area (Å²) in [5, 5.41) is 3.30. The van der Waals surface area contributed by atoms with Crippen molar-refractivity contribution in [1.29, 1.82) is 0 Å². The topological polar surface area (TPSA) is 39.0 Å². The minimum absolute atomic E-state index is 0.0524. The van der Waals surface area contributed by atoms with Gasteiger partial charge in [0.1, 0.15) is 0 Å².